The second-order valence-corrected chi connectivity index (χ2v) is 21.7. The van der Waals surface area contributed by atoms with Crippen molar-refractivity contribution in [3.05, 3.63) is 154 Å². The zero-order chi connectivity index (χ0) is 43.8. The van der Waals surface area contributed by atoms with E-state index in [1.807, 2.05) is 0 Å². The number of nitrogen functional groups attached to an aromatic ring is 2. The minimum atomic E-state index is -0.779. The van der Waals surface area contributed by atoms with Crippen LogP contribution >= 0.6 is 0 Å². The lowest BCUT2D eigenvalue weighted by Crippen LogP contribution is -2.49. The molecule has 6 aromatic rings. The first-order valence-corrected chi connectivity index (χ1v) is 24.1. The first kappa shape index (κ1) is 39.1. The van der Waals surface area contributed by atoms with Gasteiger partial charge in [-0.2, -0.15) is 0 Å². The average molecular weight is 857 g/mol. The molecule has 6 nitrogen and oxygen atoms in total. The molecular weight excluding hydrogens is 801 g/mol. The third kappa shape index (κ3) is 5.93. The molecule has 9 aliphatic carbocycles. The van der Waals surface area contributed by atoms with E-state index in [1.165, 1.54) is 110 Å². The summed E-state index contributed by atoms with van der Waals surface area (Å²) in [6, 6.07) is 39.5. The van der Waals surface area contributed by atoms with Crippen LogP contribution < -0.4 is 20.9 Å². The number of phenols is 2. The molecule has 0 heterocycles. The number of hydrogen-bond donors (Lipinski definition) is 4. The van der Waals surface area contributed by atoms with Gasteiger partial charge in [0.1, 0.15) is 34.5 Å². The Kier molecular flexibility index (Phi) is 8.47. The van der Waals surface area contributed by atoms with Crippen LogP contribution in [0.25, 0.3) is 11.1 Å². The molecule has 6 heteroatoms. The van der Waals surface area contributed by atoms with Crippen LogP contribution in [-0.4, -0.2) is 10.2 Å². The fourth-order valence-electron chi connectivity index (χ4n) is 16.0. The molecule has 6 aromatic carbocycles. The molecule has 0 saturated heterocycles. The van der Waals surface area contributed by atoms with Crippen LogP contribution in [0.5, 0.6) is 34.5 Å². The largest absolute Gasteiger partial charge is 0.506 e. The molecule has 0 unspecified atom stereocenters. The molecule has 15 rings (SSSR count). The summed E-state index contributed by atoms with van der Waals surface area (Å²) in [5.41, 5.74) is 23.1. The maximum atomic E-state index is 10.4. The van der Waals surface area contributed by atoms with Crippen molar-refractivity contribution in [3.8, 4) is 58.0 Å². The summed E-state index contributed by atoms with van der Waals surface area (Å²) in [4.78, 5) is 0. The minimum absolute atomic E-state index is 0.00988. The van der Waals surface area contributed by atoms with Crippen molar-refractivity contribution in [2.45, 2.75) is 93.3 Å². The van der Waals surface area contributed by atoms with E-state index in [-0.39, 0.29) is 22.3 Å². The molecule has 9 aliphatic rings. The van der Waals surface area contributed by atoms with Crippen molar-refractivity contribution >= 4 is 11.4 Å². The fraction of sp³-hybridized carbons (Fsp3) is 0.356. The van der Waals surface area contributed by atoms with Crippen LogP contribution in [-0.2, 0) is 16.2 Å². The van der Waals surface area contributed by atoms with Gasteiger partial charge in [0.2, 0.25) is 0 Å². The van der Waals surface area contributed by atoms with Crippen molar-refractivity contribution in [1.29, 1.82) is 0 Å². The fourth-order valence-corrected chi connectivity index (χ4v) is 16.0. The second kappa shape index (κ2) is 14.1. The van der Waals surface area contributed by atoms with Gasteiger partial charge in [0.05, 0.1) is 16.8 Å². The number of phenolic OH excluding ortho intramolecular Hbond substituents is 2. The topological polar surface area (TPSA) is 111 Å². The van der Waals surface area contributed by atoms with Gasteiger partial charge in [-0.15, -0.1) is 6.42 Å². The van der Waals surface area contributed by atoms with Crippen LogP contribution in [0.2, 0.25) is 0 Å². The molecule has 6 N–H and O–H groups in total. The number of nitrogens with two attached hydrogens (primary N) is 2. The summed E-state index contributed by atoms with van der Waals surface area (Å²) in [6.07, 6.45) is 22.8. The van der Waals surface area contributed by atoms with E-state index in [0.717, 1.165) is 52.2 Å². The predicted molar refractivity (Wildman–Crippen MR) is 257 cm³/mol. The van der Waals surface area contributed by atoms with Crippen molar-refractivity contribution in [2.75, 3.05) is 11.5 Å². The zero-order valence-corrected chi connectivity index (χ0v) is 36.9. The van der Waals surface area contributed by atoms with E-state index in [4.69, 9.17) is 27.4 Å². The number of terminal acetylenes is 1. The Hall–Kier alpha value is -6.32. The second-order valence-electron chi connectivity index (χ2n) is 21.7. The average Bonchev–Trinajstić information content (AvgIpc) is 3.59. The highest BCUT2D eigenvalue weighted by molar-refractivity contribution is 5.89. The molecule has 0 aromatic heterocycles. The Morgan fingerprint density at radius 3 is 1.32 bits per heavy atom. The van der Waals surface area contributed by atoms with E-state index < -0.39 is 5.41 Å². The summed E-state index contributed by atoms with van der Waals surface area (Å²) in [7, 11) is 0. The maximum Gasteiger partial charge on any atom is 0.142 e. The Bertz CT molecular complexity index is 2790. The number of anilines is 2. The summed E-state index contributed by atoms with van der Waals surface area (Å²) < 4.78 is 12.7. The lowest BCUT2D eigenvalue weighted by atomic mass is 9.47. The molecule has 8 bridgehead atoms. The van der Waals surface area contributed by atoms with Gasteiger partial charge in [-0.05, 0) is 216 Å². The Morgan fingerprint density at radius 2 is 0.877 bits per heavy atom. The summed E-state index contributed by atoms with van der Waals surface area (Å²) in [5.74, 6) is 10.6. The lowest BCUT2D eigenvalue weighted by molar-refractivity contribution is -0.00537. The minimum Gasteiger partial charge on any atom is -0.506 e. The number of aromatic hydroxyl groups is 2. The number of benzene rings is 6. The molecule has 0 spiro atoms. The highest BCUT2D eigenvalue weighted by Gasteiger charge is 2.56. The number of hydrogen-bond acceptors (Lipinski definition) is 6. The number of rotatable bonds is 8. The standard InChI is InChI=1S/C59H56N2O4/c1-2-47-50(58-31-37-22-38(32-58)24-39(23-37)33-58)16-15-49-48-14-7-42(57-28-34-19-35(29-57)21-36(20-34)30-57)25-51(48)59(56(47)49,40-3-8-43(9-4-40)64-45-12-17-52(60)54(62)26-45)41-5-10-44(11-6-41)65-46-13-18-53(61)55(63)27-46/h1,3-18,25-27,34-39,62-63H,19-24,28-33,60-61H2. The van der Waals surface area contributed by atoms with Crippen molar-refractivity contribution in [1.82, 2.24) is 0 Å². The molecule has 8 saturated carbocycles. The van der Waals surface area contributed by atoms with Crippen LogP contribution in [0.4, 0.5) is 11.4 Å². The molecule has 0 amide bonds. The molecular formula is C59H56N2O4. The van der Waals surface area contributed by atoms with Gasteiger partial charge in [-0.25, -0.2) is 0 Å². The van der Waals surface area contributed by atoms with E-state index in [1.54, 1.807) is 36.4 Å². The van der Waals surface area contributed by atoms with Crippen LogP contribution in [0.3, 0.4) is 0 Å². The van der Waals surface area contributed by atoms with Gasteiger partial charge >= 0.3 is 0 Å². The third-order valence-electron chi connectivity index (χ3n) is 17.7. The number of ether oxygens (including phenoxy) is 2. The van der Waals surface area contributed by atoms with Crippen LogP contribution in [0, 0.1) is 47.9 Å². The molecule has 65 heavy (non-hydrogen) atoms. The van der Waals surface area contributed by atoms with E-state index >= 15 is 0 Å². The van der Waals surface area contributed by atoms with Crippen molar-refractivity contribution in [2.24, 2.45) is 35.5 Å². The first-order valence-electron chi connectivity index (χ1n) is 24.1. The van der Waals surface area contributed by atoms with Gasteiger partial charge < -0.3 is 31.2 Å². The van der Waals surface area contributed by atoms with Crippen molar-refractivity contribution in [3.63, 3.8) is 0 Å². The lowest BCUT2D eigenvalue weighted by Gasteiger charge is -2.57. The smallest absolute Gasteiger partial charge is 0.142 e. The highest BCUT2D eigenvalue weighted by Crippen LogP contribution is 2.66. The summed E-state index contributed by atoms with van der Waals surface area (Å²) >= 11 is 0. The maximum absolute atomic E-state index is 10.4. The Balaban J connectivity index is 1.03. The normalized spacial score (nSPS) is 29.3. The van der Waals surface area contributed by atoms with Gasteiger partial charge in [0.15, 0.2) is 0 Å². The molecule has 0 atom stereocenters. The van der Waals surface area contributed by atoms with Crippen molar-refractivity contribution < 1.29 is 19.7 Å². The first-order chi connectivity index (χ1) is 31.6. The zero-order valence-electron chi connectivity index (χ0n) is 36.9. The van der Waals surface area contributed by atoms with Gasteiger partial charge in [0, 0.05) is 17.7 Å². The Labute approximate surface area is 382 Å². The predicted octanol–water partition coefficient (Wildman–Crippen LogP) is 13.1. The van der Waals surface area contributed by atoms with E-state index in [9.17, 15) is 10.2 Å². The van der Waals surface area contributed by atoms with Gasteiger partial charge in [-0.1, -0.05) is 60.5 Å². The monoisotopic (exact) mass is 856 g/mol. The van der Waals surface area contributed by atoms with Crippen LogP contribution in [0.1, 0.15) is 116 Å². The summed E-state index contributed by atoms with van der Waals surface area (Å²) in [5, 5.41) is 20.8. The van der Waals surface area contributed by atoms with E-state index in [2.05, 4.69) is 84.8 Å². The Morgan fingerprint density at radius 1 is 0.462 bits per heavy atom. The SMILES string of the molecule is C#Cc1c(C23CC4CC(CC(C4)C2)C3)ccc2c1C(c1ccc(Oc3ccc(N)c(O)c3)cc1)(c1ccc(Oc3ccc(N)c(O)c3)cc1)c1cc(C34CC5CC(CC(C5)C3)C4)ccc1-2. The molecule has 0 radical (unpaired) electrons. The number of fused-ring (bicyclic) bond motifs is 3. The van der Waals surface area contributed by atoms with Gasteiger partial charge in [0.25, 0.3) is 0 Å². The molecule has 326 valence electrons. The molecule has 8 fully saturated rings. The molecule has 0 aliphatic heterocycles. The quantitative estimate of drug-likeness (QED) is 0.0688. The highest BCUT2D eigenvalue weighted by atomic mass is 16.5. The third-order valence-corrected chi connectivity index (χ3v) is 17.7. The summed E-state index contributed by atoms with van der Waals surface area (Å²) in [6.45, 7) is 0. The van der Waals surface area contributed by atoms with E-state index in [0.29, 0.717) is 34.4 Å². The van der Waals surface area contributed by atoms with Crippen LogP contribution in [0.15, 0.2) is 115 Å². The van der Waals surface area contributed by atoms with Gasteiger partial charge in [-0.3, -0.25) is 0 Å².